The van der Waals surface area contributed by atoms with Gasteiger partial charge in [-0.05, 0) is 65.6 Å². The van der Waals surface area contributed by atoms with Crippen molar-refractivity contribution in [3.05, 3.63) is 53.9 Å². The summed E-state index contributed by atoms with van der Waals surface area (Å²) in [7, 11) is 7.08. The molecule has 0 saturated heterocycles. The van der Waals surface area contributed by atoms with Gasteiger partial charge in [-0.2, -0.15) is 5.26 Å². The third-order valence-electron chi connectivity index (χ3n) is 6.75. The van der Waals surface area contributed by atoms with Crippen molar-refractivity contribution in [2.45, 2.75) is 33.3 Å². The number of methoxy groups -OCH3 is 1. The van der Waals surface area contributed by atoms with Crippen LogP contribution >= 0.6 is 0 Å². The molecule has 0 spiro atoms. The highest BCUT2D eigenvalue weighted by atomic mass is 16.6. The number of aromatic nitrogens is 3. The van der Waals surface area contributed by atoms with Crippen LogP contribution in [0.15, 0.2) is 42.7 Å². The maximum atomic E-state index is 13.1. The largest absolute Gasteiger partial charge is 0.493 e. The van der Waals surface area contributed by atoms with E-state index in [-0.39, 0.29) is 29.7 Å². The number of amides is 2. The predicted molar refractivity (Wildman–Crippen MR) is 173 cm³/mol. The third kappa shape index (κ3) is 7.60. The number of likely N-dealkylation sites (N-methyl/N-ethyl adjacent to an activating group) is 1. The van der Waals surface area contributed by atoms with Gasteiger partial charge in [-0.25, -0.2) is 19.6 Å². The summed E-state index contributed by atoms with van der Waals surface area (Å²) in [5.41, 5.74) is 9.71. The standard InChI is InChI=1S/C32H38N8O5/c1-19-18-39(7)28-21(17-33)13-20(14-22(19)28)24-9-10-35-29(36-24)37-30(41)44-27-15-23(34)25(16-26(27)43-8)40(12-11-38(5)6)31(42)45-32(2,3)4/h9-10,13-16,18H,11-12,34H2,1-8H3,(H,35,36,37,41). The normalized spacial score (nSPS) is 11.3. The van der Waals surface area contributed by atoms with Gasteiger partial charge in [-0.1, -0.05) is 0 Å². The second-order valence-electron chi connectivity index (χ2n) is 11.7. The number of carbonyl (C=O) groups excluding carboxylic acids is 2. The highest BCUT2D eigenvalue weighted by Crippen LogP contribution is 2.38. The molecule has 236 valence electrons. The fraction of sp³-hybridized carbons (Fsp3) is 0.344. The second kappa shape index (κ2) is 13.1. The number of hydrogen-bond acceptors (Lipinski definition) is 10. The molecule has 0 radical (unpaired) electrons. The van der Waals surface area contributed by atoms with Gasteiger partial charge in [0.15, 0.2) is 11.5 Å². The number of nitrogens with zero attached hydrogens (tertiary/aromatic N) is 6. The molecule has 2 aromatic carbocycles. The number of anilines is 3. The van der Waals surface area contributed by atoms with Gasteiger partial charge in [0.1, 0.15) is 11.7 Å². The first-order valence-corrected chi connectivity index (χ1v) is 14.2. The second-order valence-corrected chi connectivity index (χ2v) is 11.7. The lowest BCUT2D eigenvalue weighted by Gasteiger charge is -2.29. The van der Waals surface area contributed by atoms with Crippen LogP contribution in [0.2, 0.25) is 0 Å². The molecule has 0 saturated carbocycles. The molecule has 0 atom stereocenters. The van der Waals surface area contributed by atoms with Crippen molar-refractivity contribution in [1.29, 1.82) is 5.26 Å². The minimum absolute atomic E-state index is 0.00997. The number of nitrogens with one attached hydrogen (secondary N) is 1. The van der Waals surface area contributed by atoms with Gasteiger partial charge in [0, 0.05) is 55.6 Å². The number of nitrogen functional groups attached to an aromatic ring is 1. The maximum absolute atomic E-state index is 13.1. The van der Waals surface area contributed by atoms with Gasteiger partial charge in [0.2, 0.25) is 5.95 Å². The zero-order valence-corrected chi connectivity index (χ0v) is 26.8. The first kappa shape index (κ1) is 32.6. The summed E-state index contributed by atoms with van der Waals surface area (Å²) in [6.07, 6.45) is 1.99. The number of nitriles is 1. The first-order chi connectivity index (χ1) is 21.2. The fourth-order valence-corrected chi connectivity index (χ4v) is 4.73. The summed E-state index contributed by atoms with van der Waals surface area (Å²) in [5.74, 6) is 0.176. The monoisotopic (exact) mass is 614 g/mol. The number of benzene rings is 2. The number of nitrogens with two attached hydrogens (primary N) is 1. The molecule has 0 aliphatic rings. The van der Waals surface area contributed by atoms with Crippen molar-refractivity contribution in [2.24, 2.45) is 7.05 Å². The Morgan fingerprint density at radius 2 is 1.87 bits per heavy atom. The van der Waals surface area contributed by atoms with E-state index in [2.05, 4.69) is 21.4 Å². The van der Waals surface area contributed by atoms with Crippen LogP contribution in [0.4, 0.5) is 26.9 Å². The van der Waals surface area contributed by atoms with Gasteiger partial charge in [-0.15, -0.1) is 0 Å². The van der Waals surface area contributed by atoms with Crippen molar-refractivity contribution in [3.63, 3.8) is 0 Å². The minimum Gasteiger partial charge on any atom is -0.493 e. The molecule has 2 aromatic heterocycles. The summed E-state index contributed by atoms with van der Waals surface area (Å²) in [6.45, 7) is 8.14. The summed E-state index contributed by atoms with van der Waals surface area (Å²) >= 11 is 0. The Bertz CT molecular complexity index is 1790. The Balaban J connectivity index is 1.58. The molecule has 3 N–H and O–H groups in total. The molecule has 0 aliphatic heterocycles. The third-order valence-corrected chi connectivity index (χ3v) is 6.75. The predicted octanol–water partition coefficient (Wildman–Crippen LogP) is 5.32. The van der Waals surface area contributed by atoms with Crippen molar-refractivity contribution < 1.29 is 23.8 Å². The van der Waals surface area contributed by atoms with Crippen molar-refractivity contribution >= 4 is 40.4 Å². The molecule has 0 unspecified atom stereocenters. The van der Waals surface area contributed by atoms with E-state index in [0.717, 1.165) is 16.5 Å². The van der Waals surface area contributed by atoms with E-state index < -0.39 is 17.8 Å². The zero-order chi connectivity index (χ0) is 33.1. The van der Waals surface area contributed by atoms with Gasteiger partial charge in [0.25, 0.3) is 0 Å². The average Bonchev–Trinajstić information content (AvgIpc) is 3.25. The molecular formula is C32H38N8O5. The van der Waals surface area contributed by atoms with Crippen molar-refractivity contribution in [2.75, 3.05) is 50.2 Å². The number of fused-ring (bicyclic) bond motifs is 1. The topological polar surface area (TPSA) is 161 Å². The summed E-state index contributed by atoms with van der Waals surface area (Å²) in [6, 6.07) is 10.6. The Labute approximate surface area is 262 Å². The van der Waals surface area contributed by atoms with Crippen LogP contribution in [-0.2, 0) is 11.8 Å². The maximum Gasteiger partial charge on any atom is 0.419 e. The first-order valence-electron chi connectivity index (χ1n) is 14.2. The molecule has 0 fully saturated rings. The molecule has 13 heteroatoms. The molecule has 45 heavy (non-hydrogen) atoms. The van der Waals surface area contributed by atoms with Crippen LogP contribution in [0, 0.1) is 18.3 Å². The molecule has 2 heterocycles. The van der Waals surface area contributed by atoms with Crippen LogP contribution in [0.5, 0.6) is 11.5 Å². The van der Waals surface area contributed by atoms with E-state index in [1.54, 1.807) is 32.9 Å². The lowest BCUT2D eigenvalue weighted by molar-refractivity contribution is 0.0578. The van der Waals surface area contributed by atoms with Gasteiger partial charge >= 0.3 is 12.2 Å². The van der Waals surface area contributed by atoms with Crippen molar-refractivity contribution in [3.8, 4) is 28.8 Å². The molecule has 13 nitrogen and oxygen atoms in total. The molecule has 0 bridgehead atoms. The van der Waals surface area contributed by atoms with E-state index in [0.29, 0.717) is 29.1 Å². The quantitative estimate of drug-likeness (QED) is 0.249. The number of aryl methyl sites for hydroxylation is 2. The molecular weight excluding hydrogens is 576 g/mol. The average molecular weight is 615 g/mol. The summed E-state index contributed by atoms with van der Waals surface area (Å²) in [5, 5.41) is 13.2. The highest BCUT2D eigenvalue weighted by molar-refractivity contribution is 5.94. The molecule has 2 amide bonds. The molecule has 0 aliphatic carbocycles. The molecule has 4 rings (SSSR count). The van der Waals surface area contributed by atoms with E-state index in [4.69, 9.17) is 19.9 Å². The van der Waals surface area contributed by atoms with Gasteiger partial charge < -0.3 is 29.4 Å². The van der Waals surface area contributed by atoms with Crippen molar-refractivity contribution in [1.82, 2.24) is 19.4 Å². The smallest absolute Gasteiger partial charge is 0.419 e. The van der Waals surface area contributed by atoms with Gasteiger partial charge in [0.05, 0.1) is 35.3 Å². The number of carbonyl (C=O) groups is 2. The van der Waals surface area contributed by atoms with E-state index >= 15 is 0 Å². The minimum atomic E-state index is -0.888. The van der Waals surface area contributed by atoms with E-state index in [9.17, 15) is 14.9 Å². The van der Waals surface area contributed by atoms with Crippen LogP contribution in [0.25, 0.3) is 22.2 Å². The number of rotatable bonds is 8. The van der Waals surface area contributed by atoms with E-state index in [1.807, 2.05) is 49.8 Å². The zero-order valence-electron chi connectivity index (χ0n) is 26.8. The van der Waals surface area contributed by atoms with Crippen LogP contribution in [0.3, 0.4) is 0 Å². The Morgan fingerprint density at radius 3 is 2.51 bits per heavy atom. The Morgan fingerprint density at radius 1 is 1.13 bits per heavy atom. The van der Waals surface area contributed by atoms with E-state index in [1.165, 1.54) is 30.3 Å². The lowest BCUT2D eigenvalue weighted by atomic mass is 10.0. The number of hydrogen-bond donors (Lipinski definition) is 2. The lowest BCUT2D eigenvalue weighted by Crippen LogP contribution is -2.40. The van der Waals surface area contributed by atoms with Crippen LogP contribution in [0.1, 0.15) is 31.9 Å². The van der Waals surface area contributed by atoms with Gasteiger partial charge in [-0.3, -0.25) is 10.2 Å². The fourth-order valence-electron chi connectivity index (χ4n) is 4.73. The van der Waals surface area contributed by atoms with Crippen LogP contribution < -0.4 is 25.4 Å². The van der Waals surface area contributed by atoms with Crippen LogP contribution in [-0.4, -0.2) is 71.5 Å². The Hall–Kier alpha value is -5.35. The Kier molecular flexibility index (Phi) is 9.48. The highest BCUT2D eigenvalue weighted by Gasteiger charge is 2.27. The SMILES string of the molecule is COc1cc(N(CCN(C)C)C(=O)OC(C)(C)C)c(N)cc1OC(=O)Nc1nccc(-c2cc(C#N)c3c(c2)c(C)cn3C)n1. The summed E-state index contributed by atoms with van der Waals surface area (Å²) < 4.78 is 18.5. The molecule has 4 aromatic rings. The number of ether oxygens (including phenoxy) is 3. The summed E-state index contributed by atoms with van der Waals surface area (Å²) in [4.78, 5) is 38.0.